The van der Waals surface area contributed by atoms with Crippen LogP contribution in [-0.4, -0.2) is 18.7 Å². The molecule has 0 saturated carbocycles. The molecule has 1 aromatic carbocycles. The second-order valence-electron chi connectivity index (χ2n) is 6.60. The van der Waals surface area contributed by atoms with Gasteiger partial charge in [0.1, 0.15) is 4.70 Å². The van der Waals surface area contributed by atoms with E-state index < -0.39 is 0 Å². The number of thiophene rings is 1. The van der Waals surface area contributed by atoms with E-state index in [0.29, 0.717) is 29.1 Å². The van der Waals surface area contributed by atoms with Gasteiger partial charge < -0.3 is 0 Å². The maximum absolute atomic E-state index is 13.1. The van der Waals surface area contributed by atoms with Crippen LogP contribution in [0.15, 0.2) is 39.2 Å². The Kier molecular flexibility index (Phi) is 4.03. The molecule has 0 atom stereocenters. The summed E-state index contributed by atoms with van der Waals surface area (Å²) in [6.45, 7) is 6.99. The number of benzene rings is 1. The molecule has 0 aliphatic rings. The summed E-state index contributed by atoms with van der Waals surface area (Å²) in [6.07, 6.45) is 0.796. The highest BCUT2D eigenvalue weighted by molar-refractivity contribution is 7.17. The molecule has 4 aromatic rings. The lowest BCUT2D eigenvalue weighted by molar-refractivity contribution is 0.638. The van der Waals surface area contributed by atoms with Gasteiger partial charge in [0.05, 0.1) is 12.1 Å². The molecule has 0 unspecified atom stereocenters. The van der Waals surface area contributed by atoms with Crippen LogP contribution in [0.25, 0.3) is 16.0 Å². The minimum atomic E-state index is -0.214. The van der Waals surface area contributed by atoms with Gasteiger partial charge in [-0.15, -0.1) is 16.4 Å². The van der Waals surface area contributed by atoms with E-state index in [1.807, 2.05) is 32.2 Å². The van der Waals surface area contributed by atoms with Gasteiger partial charge in [-0.05, 0) is 42.8 Å². The fourth-order valence-corrected chi connectivity index (χ4v) is 4.12. The Morgan fingerprint density at radius 2 is 1.96 bits per heavy atom. The number of fused-ring (bicyclic) bond motifs is 3. The average molecular weight is 368 g/mol. The van der Waals surface area contributed by atoms with Gasteiger partial charge in [-0.3, -0.25) is 9.36 Å². The minimum Gasteiger partial charge on any atom is -0.276 e. The van der Waals surface area contributed by atoms with Crippen molar-refractivity contribution in [2.45, 2.75) is 40.3 Å². The van der Waals surface area contributed by atoms with E-state index in [1.54, 1.807) is 8.97 Å². The second-order valence-corrected chi connectivity index (χ2v) is 7.51. The molecule has 0 saturated heterocycles. The molecular formula is C19H20N4O2S. The van der Waals surface area contributed by atoms with Gasteiger partial charge in [-0.2, -0.15) is 0 Å². The highest BCUT2D eigenvalue weighted by Crippen LogP contribution is 2.18. The zero-order chi connectivity index (χ0) is 18.4. The quantitative estimate of drug-likeness (QED) is 0.556. The van der Waals surface area contributed by atoms with Crippen molar-refractivity contribution in [1.29, 1.82) is 0 Å². The first kappa shape index (κ1) is 16.8. The molecule has 26 heavy (non-hydrogen) atoms. The summed E-state index contributed by atoms with van der Waals surface area (Å²) in [4.78, 5) is 25.8. The summed E-state index contributed by atoms with van der Waals surface area (Å²) in [7, 11) is 0. The predicted molar refractivity (Wildman–Crippen MR) is 104 cm³/mol. The van der Waals surface area contributed by atoms with Gasteiger partial charge in [0, 0.05) is 6.54 Å². The van der Waals surface area contributed by atoms with Crippen molar-refractivity contribution in [3.63, 3.8) is 0 Å². The van der Waals surface area contributed by atoms with Crippen molar-refractivity contribution >= 4 is 27.3 Å². The number of hydrogen-bond donors (Lipinski definition) is 0. The van der Waals surface area contributed by atoms with Crippen molar-refractivity contribution < 1.29 is 0 Å². The zero-order valence-electron chi connectivity index (χ0n) is 15.0. The third-order valence-corrected chi connectivity index (χ3v) is 5.55. The number of aryl methyl sites for hydroxylation is 3. The maximum atomic E-state index is 13.1. The first-order valence-electron chi connectivity index (χ1n) is 8.67. The standard InChI is InChI=1S/C19H20N4O2S/c1-4-8-21-17(24)16-15(7-9-26-16)23-18(21)20-22(19(23)25)11-14-10-12(2)5-6-13(14)3/h5-7,9-10H,4,8,11H2,1-3H3. The molecule has 0 radical (unpaired) electrons. The van der Waals surface area contributed by atoms with Gasteiger partial charge in [0.2, 0.25) is 5.78 Å². The second kappa shape index (κ2) is 6.25. The third kappa shape index (κ3) is 2.50. The van der Waals surface area contributed by atoms with Crippen LogP contribution in [0.3, 0.4) is 0 Å². The first-order valence-corrected chi connectivity index (χ1v) is 9.55. The van der Waals surface area contributed by atoms with Crippen LogP contribution < -0.4 is 11.2 Å². The topological polar surface area (TPSA) is 61.3 Å². The van der Waals surface area contributed by atoms with Crippen LogP contribution in [0.1, 0.15) is 30.0 Å². The van der Waals surface area contributed by atoms with Crippen LogP contribution >= 0.6 is 11.3 Å². The summed E-state index contributed by atoms with van der Waals surface area (Å²) in [5, 5.41) is 6.37. The number of nitrogens with zero attached hydrogens (tertiary/aromatic N) is 4. The average Bonchev–Trinajstić information content (AvgIpc) is 3.20. The molecule has 0 spiro atoms. The lowest BCUT2D eigenvalue weighted by Gasteiger charge is -2.06. The Morgan fingerprint density at radius 3 is 2.73 bits per heavy atom. The Bertz CT molecular complexity index is 1240. The molecule has 0 aliphatic heterocycles. The van der Waals surface area contributed by atoms with E-state index in [0.717, 1.165) is 23.1 Å². The number of aromatic nitrogens is 4. The molecule has 3 aromatic heterocycles. The third-order valence-electron chi connectivity index (χ3n) is 4.66. The molecule has 0 amide bonds. The van der Waals surface area contributed by atoms with Crippen LogP contribution in [0.5, 0.6) is 0 Å². The van der Waals surface area contributed by atoms with E-state index >= 15 is 0 Å². The molecule has 134 valence electrons. The van der Waals surface area contributed by atoms with Crippen molar-refractivity contribution in [2.75, 3.05) is 0 Å². The molecule has 0 bridgehead atoms. The summed E-state index contributed by atoms with van der Waals surface area (Å²) in [6, 6.07) is 8.00. The normalized spacial score (nSPS) is 11.7. The maximum Gasteiger partial charge on any atom is 0.352 e. The van der Waals surface area contributed by atoms with Crippen LogP contribution in [0.2, 0.25) is 0 Å². The fourth-order valence-electron chi connectivity index (χ4n) is 3.29. The van der Waals surface area contributed by atoms with E-state index in [9.17, 15) is 9.59 Å². The summed E-state index contributed by atoms with van der Waals surface area (Å²) < 4.78 is 5.23. The highest BCUT2D eigenvalue weighted by atomic mass is 32.1. The summed E-state index contributed by atoms with van der Waals surface area (Å²) in [5.41, 5.74) is 3.67. The fraction of sp³-hybridized carbons (Fsp3) is 0.316. The van der Waals surface area contributed by atoms with Gasteiger partial charge in [0.25, 0.3) is 5.56 Å². The Labute approximate surface area is 153 Å². The predicted octanol–water partition coefficient (Wildman–Crippen LogP) is 2.95. The summed E-state index contributed by atoms with van der Waals surface area (Å²) >= 11 is 1.37. The van der Waals surface area contributed by atoms with Crippen molar-refractivity contribution in [3.8, 4) is 0 Å². The van der Waals surface area contributed by atoms with Crippen molar-refractivity contribution in [2.24, 2.45) is 0 Å². The van der Waals surface area contributed by atoms with E-state index in [4.69, 9.17) is 0 Å². The molecule has 6 nitrogen and oxygen atoms in total. The van der Waals surface area contributed by atoms with Gasteiger partial charge >= 0.3 is 5.69 Å². The van der Waals surface area contributed by atoms with Gasteiger partial charge in [-0.1, -0.05) is 30.7 Å². The smallest absolute Gasteiger partial charge is 0.276 e. The minimum absolute atomic E-state index is 0.0757. The molecule has 0 aliphatic carbocycles. The zero-order valence-corrected chi connectivity index (χ0v) is 15.8. The molecular weight excluding hydrogens is 348 g/mol. The molecule has 7 heteroatoms. The lowest BCUT2D eigenvalue weighted by Crippen LogP contribution is -2.25. The number of hydrogen-bond acceptors (Lipinski definition) is 4. The first-order chi connectivity index (χ1) is 12.5. The van der Waals surface area contributed by atoms with Crippen LogP contribution in [0.4, 0.5) is 0 Å². The van der Waals surface area contributed by atoms with E-state index in [1.165, 1.54) is 16.0 Å². The van der Waals surface area contributed by atoms with Crippen LogP contribution in [0, 0.1) is 13.8 Å². The Hall–Kier alpha value is -2.67. The molecule has 0 N–H and O–H groups in total. The molecule has 3 heterocycles. The Balaban J connectivity index is 1.99. The monoisotopic (exact) mass is 368 g/mol. The molecule has 4 rings (SSSR count). The largest absolute Gasteiger partial charge is 0.352 e. The van der Waals surface area contributed by atoms with Gasteiger partial charge in [-0.25, -0.2) is 13.9 Å². The van der Waals surface area contributed by atoms with Crippen LogP contribution in [-0.2, 0) is 13.1 Å². The van der Waals surface area contributed by atoms with Crippen molar-refractivity contribution in [1.82, 2.24) is 18.7 Å². The SMILES string of the molecule is CCCn1c(=O)c2sccc2n2c(=O)n(Cc3cc(C)ccc3C)nc12. The Morgan fingerprint density at radius 1 is 1.15 bits per heavy atom. The van der Waals surface area contributed by atoms with E-state index in [-0.39, 0.29) is 11.2 Å². The van der Waals surface area contributed by atoms with Gasteiger partial charge in [0.15, 0.2) is 0 Å². The van der Waals surface area contributed by atoms with E-state index in [2.05, 4.69) is 23.3 Å². The lowest BCUT2D eigenvalue weighted by atomic mass is 10.1. The summed E-state index contributed by atoms with van der Waals surface area (Å²) in [5.74, 6) is 0.415. The molecule has 0 fully saturated rings. The van der Waals surface area contributed by atoms with Crippen molar-refractivity contribution in [3.05, 3.63) is 67.2 Å². The highest BCUT2D eigenvalue weighted by Gasteiger charge is 2.18. The number of rotatable bonds is 4.